The third kappa shape index (κ3) is 3.86. The van der Waals surface area contributed by atoms with E-state index in [2.05, 4.69) is 12.1 Å². The fraction of sp³-hybridized carbons (Fsp3) is 0.0385. The Kier molecular flexibility index (Phi) is 5.03. The molecule has 2 nitrogen and oxygen atoms in total. The van der Waals surface area contributed by atoms with Gasteiger partial charge in [-0.1, -0.05) is 78.9 Å². The fourth-order valence-electron chi connectivity index (χ4n) is 3.18. The minimum absolute atomic E-state index is 0.0197. The molecule has 0 spiro atoms. The van der Waals surface area contributed by atoms with Gasteiger partial charge in [0.05, 0.1) is 5.56 Å². The lowest BCUT2D eigenvalue weighted by molar-refractivity contribution is 0.101. The molecule has 0 aliphatic heterocycles. The molecule has 2 heteroatoms. The molecule has 4 aromatic carbocycles. The summed E-state index contributed by atoms with van der Waals surface area (Å²) >= 11 is 0. The molecule has 4 rings (SSSR count). The van der Waals surface area contributed by atoms with Gasteiger partial charge in [-0.2, -0.15) is 0 Å². The Morgan fingerprint density at radius 2 is 1.11 bits per heavy atom. The lowest BCUT2D eigenvalue weighted by Gasteiger charge is -2.12. The molecule has 0 atom stereocenters. The van der Waals surface area contributed by atoms with Gasteiger partial charge >= 0.3 is 0 Å². The van der Waals surface area contributed by atoms with Crippen LogP contribution in [-0.4, -0.2) is 5.78 Å². The van der Waals surface area contributed by atoms with E-state index >= 15 is 0 Å². The number of benzene rings is 4. The first kappa shape index (κ1) is 17.7. The summed E-state index contributed by atoms with van der Waals surface area (Å²) < 4.78 is 6.03. The number of rotatable bonds is 5. The van der Waals surface area contributed by atoms with Crippen molar-refractivity contribution in [1.29, 1.82) is 0 Å². The Morgan fingerprint density at radius 3 is 1.68 bits per heavy atom. The van der Waals surface area contributed by atoms with E-state index in [1.54, 1.807) is 6.92 Å². The lowest BCUT2D eigenvalue weighted by atomic mass is 10.0. The van der Waals surface area contributed by atoms with Crippen molar-refractivity contribution in [2.75, 3.05) is 0 Å². The molecule has 0 aliphatic rings. The summed E-state index contributed by atoms with van der Waals surface area (Å²) in [6.45, 7) is 1.56. The molecular formula is C26H20O2. The van der Waals surface area contributed by atoms with Crippen molar-refractivity contribution < 1.29 is 9.53 Å². The van der Waals surface area contributed by atoms with E-state index in [0.717, 1.165) is 22.3 Å². The highest BCUT2D eigenvalue weighted by Gasteiger charge is 2.12. The molecule has 0 aromatic heterocycles. The molecule has 0 saturated heterocycles. The van der Waals surface area contributed by atoms with Crippen LogP contribution in [0.25, 0.3) is 22.3 Å². The van der Waals surface area contributed by atoms with Crippen LogP contribution in [0.5, 0.6) is 11.5 Å². The summed E-state index contributed by atoms with van der Waals surface area (Å²) in [5, 5.41) is 0. The molecule has 0 N–H and O–H groups in total. The Hall–Kier alpha value is -3.65. The van der Waals surface area contributed by atoms with Crippen molar-refractivity contribution in [3.63, 3.8) is 0 Å². The van der Waals surface area contributed by atoms with Gasteiger partial charge in [-0.05, 0) is 53.4 Å². The number of carbonyl (C=O) groups excluding carboxylic acids is 1. The van der Waals surface area contributed by atoms with Gasteiger partial charge in [-0.15, -0.1) is 0 Å². The highest BCUT2D eigenvalue weighted by molar-refractivity contribution is 5.98. The van der Waals surface area contributed by atoms with Crippen molar-refractivity contribution in [3.05, 3.63) is 109 Å². The van der Waals surface area contributed by atoms with Crippen molar-refractivity contribution in [2.45, 2.75) is 6.92 Å². The number of carbonyl (C=O) groups is 1. The van der Waals surface area contributed by atoms with Crippen molar-refractivity contribution in [1.82, 2.24) is 0 Å². The van der Waals surface area contributed by atoms with Gasteiger partial charge in [0.1, 0.15) is 11.5 Å². The maximum absolute atomic E-state index is 12.2. The summed E-state index contributed by atoms with van der Waals surface area (Å²) in [4.78, 5) is 12.2. The van der Waals surface area contributed by atoms with Crippen LogP contribution in [0.15, 0.2) is 103 Å². The number of hydrogen-bond donors (Lipinski definition) is 0. The molecule has 0 amide bonds. The van der Waals surface area contributed by atoms with E-state index < -0.39 is 0 Å². The summed E-state index contributed by atoms with van der Waals surface area (Å²) in [7, 11) is 0. The zero-order valence-electron chi connectivity index (χ0n) is 15.6. The second-order valence-corrected chi connectivity index (χ2v) is 6.63. The van der Waals surface area contributed by atoms with Gasteiger partial charge in [0, 0.05) is 0 Å². The molecule has 4 aromatic rings. The Bertz CT molecular complexity index is 1080. The van der Waals surface area contributed by atoms with Gasteiger partial charge in [0.25, 0.3) is 0 Å². The SMILES string of the molecule is CC(=O)c1cc(-c2ccccc2)ccc1Oc1ccc(-c2ccccc2)cc1. The average Bonchev–Trinajstić information content (AvgIpc) is 2.76. The van der Waals surface area contributed by atoms with E-state index in [-0.39, 0.29) is 5.78 Å². The number of ketones is 1. The summed E-state index contributed by atoms with van der Waals surface area (Å²) in [6.07, 6.45) is 0. The average molecular weight is 364 g/mol. The number of hydrogen-bond acceptors (Lipinski definition) is 2. The first-order chi connectivity index (χ1) is 13.7. The third-order valence-corrected chi connectivity index (χ3v) is 4.66. The molecule has 0 fully saturated rings. The first-order valence-corrected chi connectivity index (χ1v) is 9.24. The number of Topliss-reactive ketones (excluding diaryl/α,β-unsaturated/α-hetero) is 1. The fourth-order valence-corrected chi connectivity index (χ4v) is 3.18. The molecule has 136 valence electrons. The van der Waals surface area contributed by atoms with Gasteiger partial charge in [-0.3, -0.25) is 4.79 Å². The second-order valence-electron chi connectivity index (χ2n) is 6.63. The summed E-state index contributed by atoms with van der Waals surface area (Å²) in [6, 6.07) is 33.9. The van der Waals surface area contributed by atoms with Gasteiger partial charge < -0.3 is 4.74 Å². The van der Waals surface area contributed by atoms with E-state index in [9.17, 15) is 4.79 Å². The first-order valence-electron chi connectivity index (χ1n) is 9.24. The smallest absolute Gasteiger partial charge is 0.163 e. The quantitative estimate of drug-likeness (QED) is 0.356. The van der Waals surface area contributed by atoms with Crippen molar-refractivity contribution in [3.8, 4) is 33.8 Å². The minimum Gasteiger partial charge on any atom is -0.457 e. The molecule has 0 unspecified atom stereocenters. The second kappa shape index (κ2) is 7.93. The highest BCUT2D eigenvalue weighted by atomic mass is 16.5. The van der Waals surface area contributed by atoms with E-state index in [1.165, 1.54) is 0 Å². The minimum atomic E-state index is -0.0197. The van der Waals surface area contributed by atoms with Gasteiger partial charge in [-0.25, -0.2) is 0 Å². The Balaban J connectivity index is 1.61. The van der Waals surface area contributed by atoms with Crippen molar-refractivity contribution >= 4 is 5.78 Å². The van der Waals surface area contributed by atoms with E-state index in [0.29, 0.717) is 17.1 Å². The maximum atomic E-state index is 12.2. The predicted octanol–water partition coefficient (Wildman–Crippen LogP) is 7.02. The predicted molar refractivity (Wildman–Crippen MR) is 114 cm³/mol. The zero-order chi connectivity index (χ0) is 19.3. The van der Waals surface area contributed by atoms with Crippen LogP contribution in [0.2, 0.25) is 0 Å². The molecule has 0 bridgehead atoms. The molecule has 0 saturated carbocycles. The van der Waals surface area contributed by atoms with Crippen LogP contribution in [0, 0.1) is 0 Å². The highest BCUT2D eigenvalue weighted by Crippen LogP contribution is 2.31. The van der Waals surface area contributed by atoms with Crippen LogP contribution >= 0.6 is 0 Å². The number of ether oxygens (including phenoxy) is 1. The maximum Gasteiger partial charge on any atom is 0.163 e. The van der Waals surface area contributed by atoms with E-state index in [1.807, 2.05) is 91.0 Å². The Morgan fingerprint density at radius 1 is 0.607 bits per heavy atom. The van der Waals surface area contributed by atoms with E-state index in [4.69, 9.17) is 4.74 Å². The Labute approximate surface area is 165 Å². The van der Waals surface area contributed by atoms with Crippen LogP contribution < -0.4 is 4.74 Å². The molecule has 0 aliphatic carbocycles. The lowest BCUT2D eigenvalue weighted by Crippen LogP contribution is -1.98. The zero-order valence-corrected chi connectivity index (χ0v) is 15.6. The monoisotopic (exact) mass is 364 g/mol. The van der Waals surface area contributed by atoms with Gasteiger partial charge in [0.2, 0.25) is 0 Å². The normalized spacial score (nSPS) is 10.5. The van der Waals surface area contributed by atoms with Crippen LogP contribution in [0.1, 0.15) is 17.3 Å². The molecule has 28 heavy (non-hydrogen) atoms. The van der Waals surface area contributed by atoms with Crippen LogP contribution in [0.3, 0.4) is 0 Å². The molecule has 0 heterocycles. The van der Waals surface area contributed by atoms with Crippen molar-refractivity contribution in [2.24, 2.45) is 0 Å². The topological polar surface area (TPSA) is 26.3 Å². The standard InChI is InChI=1S/C26H20O2/c1-19(27)25-18-23(21-10-6-3-7-11-21)14-17-26(25)28-24-15-12-22(13-16-24)20-8-4-2-5-9-20/h2-18H,1H3. The van der Waals surface area contributed by atoms with Gasteiger partial charge in [0.15, 0.2) is 5.78 Å². The summed E-state index contributed by atoms with van der Waals surface area (Å²) in [5.74, 6) is 1.25. The van der Waals surface area contributed by atoms with Crippen LogP contribution in [-0.2, 0) is 0 Å². The van der Waals surface area contributed by atoms with Crippen LogP contribution in [0.4, 0.5) is 0 Å². The largest absolute Gasteiger partial charge is 0.457 e. The molecule has 0 radical (unpaired) electrons. The molecular weight excluding hydrogens is 344 g/mol. The third-order valence-electron chi connectivity index (χ3n) is 4.66. The summed E-state index contributed by atoms with van der Waals surface area (Å²) in [5.41, 5.74) is 4.93.